The van der Waals surface area contributed by atoms with Crippen LogP contribution in [0.15, 0.2) is 30.5 Å². The monoisotopic (exact) mass is 426 g/mol. The van der Waals surface area contributed by atoms with Gasteiger partial charge in [-0.2, -0.15) is 9.78 Å². The van der Waals surface area contributed by atoms with Crippen molar-refractivity contribution in [3.63, 3.8) is 0 Å². The maximum Gasteiger partial charge on any atom is 0.412 e. The second-order valence-electron chi connectivity index (χ2n) is 7.31. The summed E-state index contributed by atoms with van der Waals surface area (Å²) in [6.45, 7) is 7.91. The van der Waals surface area contributed by atoms with E-state index in [1.165, 1.54) is 10.9 Å². The molecule has 9 nitrogen and oxygen atoms in total. The van der Waals surface area contributed by atoms with E-state index < -0.39 is 12.1 Å². The Morgan fingerprint density at radius 1 is 1.23 bits per heavy atom. The molecule has 3 aromatic rings. The van der Waals surface area contributed by atoms with E-state index in [0.29, 0.717) is 17.1 Å². The number of aromatic nitrogens is 3. The van der Waals surface area contributed by atoms with Gasteiger partial charge >= 0.3 is 12.1 Å². The van der Waals surface area contributed by atoms with Gasteiger partial charge in [0, 0.05) is 5.39 Å². The second kappa shape index (κ2) is 9.46. The van der Waals surface area contributed by atoms with Gasteiger partial charge in [0.1, 0.15) is 16.8 Å². The molecule has 2 heterocycles. The Labute approximate surface area is 180 Å². The van der Waals surface area contributed by atoms with Crippen LogP contribution in [0.4, 0.5) is 10.6 Å². The number of rotatable bonds is 7. The van der Waals surface area contributed by atoms with E-state index in [0.717, 1.165) is 10.9 Å². The predicted molar refractivity (Wildman–Crippen MR) is 116 cm³/mol. The van der Waals surface area contributed by atoms with Crippen molar-refractivity contribution in [2.75, 3.05) is 25.6 Å². The highest BCUT2D eigenvalue weighted by atomic mass is 16.5. The highest BCUT2D eigenvalue weighted by Gasteiger charge is 2.23. The number of hydrogen-bond acceptors (Lipinski definition) is 7. The van der Waals surface area contributed by atoms with Gasteiger partial charge in [-0.3, -0.25) is 5.32 Å². The first-order valence-electron chi connectivity index (χ1n) is 9.99. The number of ether oxygens (including phenoxy) is 3. The number of hydrogen-bond donors (Lipinski definition) is 1. The molecule has 0 spiro atoms. The molecular weight excluding hydrogens is 400 g/mol. The molecule has 0 aliphatic carbocycles. The zero-order valence-corrected chi connectivity index (χ0v) is 18.3. The Hall–Kier alpha value is -3.62. The van der Waals surface area contributed by atoms with Gasteiger partial charge in [-0.25, -0.2) is 14.6 Å². The number of para-hydroxylation sites is 1. The minimum atomic E-state index is -0.698. The molecule has 1 N–H and O–H groups in total. The number of pyridine rings is 1. The molecule has 1 aromatic carbocycles. The van der Waals surface area contributed by atoms with Crippen LogP contribution in [0.3, 0.4) is 0 Å². The molecule has 0 atom stereocenters. The van der Waals surface area contributed by atoms with E-state index >= 15 is 0 Å². The van der Waals surface area contributed by atoms with E-state index in [1.807, 2.05) is 45.0 Å². The summed E-state index contributed by atoms with van der Waals surface area (Å²) >= 11 is 0. The summed E-state index contributed by atoms with van der Waals surface area (Å²) in [5, 5.41) is 7.82. The van der Waals surface area contributed by atoms with Crippen LogP contribution in [-0.2, 0) is 9.47 Å². The van der Waals surface area contributed by atoms with E-state index in [4.69, 9.17) is 14.2 Å². The Morgan fingerprint density at radius 3 is 2.68 bits per heavy atom. The molecule has 1 amide bonds. The topological polar surface area (TPSA) is 105 Å². The second-order valence-corrected chi connectivity index (χ2v) is 7.31. The van der Waals surface area contributed by atoms with Gasteiger partial charge in [0.25, 0.3) is 0 Å². The lowest BCUT2D eigenvalue weighted by Crippen LogP contribution is -2.21. The number of carbonyl (C=O) groups excluding carboxylic acids is 2. The molecule has 0 fully saturated rings. The summed E-state index contributed by atoms with van der Waals surface area (Å²) < 4.78 is 17.1. The van der Waals surface area contributed by atoms with E-state index in [1.54, 1.807) is 14.0 Å². The average molecular weight is 426 g/mol. The Kier molecular flexibility index (Phi) is 6.74. The third kappa shape index (κ3) is 4.76. The molecule has 0 saturated carbocycles. The average Bonchev–Trinajstić information content (AvgIpc) is 3.15. The van der Waals surface area contributed by atoms with Crippen LogP contribution in [0.25, 0.3) is 16.7 Å². The van der Waals surface area contributed by atoms with Crippen LogP contribution in [0, 0.1) is 12.8 Å². The lowest BCUT2D eigenvalue weighted by molar-refractivity contribution is 0.0527. The highest BCUT2D eigenvalue weighted by Crippen LogP contribution is 2.29. The van der Waals surface area contributed by atoms with Gasteiger partial charge in [0.15, 0.2) is 11.6 Å². The molecule has 9 heteroatoms. The normalized spacial score (nSPS) is 10.9. The SMILES string of the molecule is CCOC(=O)c1cnn(-c2cc(C)c3cccc(OC)c3n2)c1NC(=O)OCC(C)C. The van der Waals surface area contributed by atoms with Crippen molar-refractivity contribution in [3.8, 4) is 11.6 Å². The fourth-order valence-electron chi connectivity index (χ4n) is 3.02. The maximum absolute atomic E-state index is 12.4. The fourth-order valence-corrected chi connectivity index (χ4v) is 3.02. The summed E-state index contributed by atoms with van der Waals surface area (Å²) in [4.78, 5) is 29.4. The van der Waals surface area contributed by atoms with Gasteiger partial charge in [-0.1, -0.05) is 26.0 Å². The minimum absolute atomic E-state index is 0.0999. The number of aryl methyl sites for hydroxylation is 1. The smallest absolute Gasteiger partial charge is 0.412 e. The number of carbonyl (C=O) groups is 2. The van der Waals surface area contributed by atoms with Gasteiger partial charge in [0.2, 0.25) is 0 Å². The van der Waals surface area contributed by atoms with Crippen LogP contribution in [-0.4, -0.2) is 47.2 Å². The molecule has 2 aromatic heterocycles. The number of esters is 1. The van der Waals surface area contributed by atoms with Crippen LogP contribution < -0.4 is 10.1 Å². The summed E-state index contributed by atoms with van der Waals surface area (Å²) in [7, 11) is 1.57. The van der Waals surface area contributed by atoms with Crippen LogP contribution in [0.2, 0.25) is 0 Å². The summed E-state index contributed by atoms with van der Waals surface area (Å²) in [5.41, 5.74) is 1.67. The molecule has 0 aliphatic heterocycles. The van der Waals surface area contributed by atoms with E-state index in [-0.39, 0.29) is 30.5 Å². The van der Waals surface area contributed by atoms with Crippen molar-refractivity contribution < 1.29 is 23.8 Å². The summed E-state index contributed by atoms with van der Waals surface area (Å²) in [5.74, 6) is 0.684. The van der Waals surface area contributed by atoms with Crippen molar-refractivity contribution in [1.82, 2.24) is 14.8 Å². The number of methoxy groups -OCH3 is 1. The van der Waals surface area contributed by atoms with Crippen molar-refractivity contribution in [3.05, 3.63) is 41.6 Å². The molecule has 31 heavy (non-hydrogen) atoms. The third-order valence-corrected chi connectivity index (χ3v) is 4.47. The minimum Gasteiger partial charge on any atom is -0.494 e. The molecule has 0 saturated heterocycles. The highest BCUT2D eigenvalue weighted by molar-refractivity contribution is 5.99. The van der Waals surface area contributed by atoms with E-state index in [9.17, 15) is 9.59 Å². The molecule has 164 valence electrons. The quantitative estimate of drug-likeness (QED) is 0.567. The van der Waals surface area contributed by atoms with Crippen LogP contribution in [0.5, 0.6) is 5.75 Å². The first kappa shape index (κ1) is 22.1. The third-order valence-electron chi connectivity index (χ3n) is 4.47. The zero-order chi connectivity index (χ0) is 22.5. The molecule has 0 aliphatic rings. The van der Waals surface area contributed by atoms with Gasteiger partial charge < -0.3 is 14.2 Å². The molecule has 3 rings (SSSR count). The molecule has 0 bridgehead atoms. The summed E-state index contributed by atoms with van der Waals surface area (Å²) in [6.07, 6.45) is 0.635. The number of amides is 1. The van der Waals surface area contributed by atoms with Gasteiger partial charge in [-0.05, 0) is 37.5 Å². The fraction of sp³-hybridized carbons (Fsp3) is 0.364. The number of nitrogens with one attached hydrogen (secondary N) is 1. The number of anilines is 1. The summed E-state index contributed by atoms with van der Waals surface area (Å²) in [6, 6.07) is 7.46. The maximum atomic E-state index is 12.4. The van der Waals surface area contributed by atoms with Crippen molar-refractivity contribution in [2.24, 2.45) is 5.92 Å². The number of fused-ring (bicyclic) bond motifs is 1. The van der Waals surface area contributed by atoms with Gasteiger partial charge in [-0.15, -0.1) is 0 Å². The van der Waals surface area contributed by atoms with Gasteiger partial charge in [0.05, 0.1) is 26.5 Å². The zero-order valence-electron chi connectivity index (χ0n) is 18.3. The van der Waals surface area contributed by atoms with Crippen LogP contribution in [0.1, 0.15) is 36.7 Å². The molecule has 0 radical (unpaired) electrons. The van der Waals surface area contributed by atoms with Crippen molar-refractivity contribution in [2.45, 2.75) is 27.7 Å². The molecule has 0 unspecified atom stereocenters. The van der Waals surface area contributed by atoms with Crippen molar-refractivity contribution >= 4 is 28.8 Å². The van der Waals surface area contributed by atoms with E-state index in [2.05, 4.69) is 15.4 Å². The molecular formula is C22H26N4O5. The standard InChI is InChI=1S/C22H26N4O5/c1-6-30-21(27)16-11-23-26(20(16)25-22(28)31-12-13(2)3)18-10-14(4)15-8-7-9-17(29-5)19(15)24-18/h7-11,13H,6,12H2,1-5H3,(H,25,28). The lowest BCUT2D eigenvalue weighted by atomic mass is 10.1. The Balaban J connectivity index is 2.10. The number of nitrogens with zero attached hydrogens (tertiary/aromatic N) is 3. The Morgan fingerprint density at radius 2 is 2.00 bits per heavy atom. The predicted octanol–water partition coefficient (Wildman–Crippen LogP) is 4.12. The first-order chi connectivity index (χ1) is 14.8. The van der Waals surface area contributed by atoms with Crippen LogP contribution >= 0.6 is 0 Å². The lowest BCUT2D eigenvalue weighted by Gasteiger charge is -2.14. The first-order valence-corrected chi connectivity index (χ1v) is 9.99. The largest absolute Gasteiger partial charge is 0.494 e. The number of benzene rings is 1. The Bertz CT molecular complexity index is 1110. The van der Waals surface area contributed by atoms with Crippen molar-refractivity contribution in [1.29, 1.82) is 0 Å².